The van der Waals surface area contributed by atoms with Crippen molar-refractivity contribution >= 4 is 11.9 Å². The molecule has 3 N–H and O–H groups in total. The molecule has 0 aromatic carbocycles. The summed E-state index contributed by atoms with van der Waals surface area (Å²) in [5, 5.41) is 9.20. The number of likely N-dealkylation sites (tertiary alicyclic amines) is 1. The van der Waals surface area contributed by atoms with Gasteiger partial charge in [-0.2, -0.15) is 0 Å². The van der Waals surface area contributed by atoms with Crippen LogP contribution in [0.4, 0.5) is 0 Å². The Balaban J connectivity index is 2.43. The summed E-state index contributed by atoms with van der Waals surface area (Å²) in [5.74, 6) is -0.991. The molecule has 5 nitrogen and oxygen atoms in total. The van der Waals surface area contributed by atoms with E-state index in [1.807, 2.05) is 6.92 Å². The summed E-state index contributed by atoms with van der Waals surface area (Å²) < 4.78 is 0. The summed E-state index contributed by atoms with van der Waals surface area (Å²) in [6, 6.07) is 0. The number of hydrogen-bond donors (Lipinski definition) is 2. The Bertz CT molecular complexity index is 270. The minimum absolute atomic E-state index is 0.300. The van der Waals surface area contributed by atoms with Crippen LogP contribution in [0.2, 0.25) is 0 Å². The lowest BCUT2D eigenvalue weighted by Gasteiger charge is -2.38. The Morgan fingerprint density at radius 3 is 2.31 bits per heavy atom. The van der Waals surface area contributed by atoms with E-state index in [1.54, 1.807) is 0 Å². The molecule has 1 rings (SSSR count). The number of rotatable bonds is 5. The van der Waals surface area contributed by atoms with E-state index in [0.717, 1.165) is 13.1 Å². The van der Waals surface area contributed by atoms with E-state index in [1.165, 1.54) is 0 Å². The first kappa shape index (κ1) is 13.0. The van der Waals surface area contributed by atoms with Crippen LogP contribution >= 0.6 is 0 Å². The highest BCUT2D eigenvalue weighted by molar-refractivity contribution is 5.75. The third kappa shape index (κ3) is 2.95. The zero-order valence-electron chi connectivity index (χ0n) is 9.74. The minimum Gasteiger partial charge on any atom is -0.481 e. The van der Waals surface area contributed by atoms with Gasteiger partial charge in [0, 0.05) is 13.0 Å². The van der Waals surface area contributed by atoms with Gasteiger partial charge in [0.1, 0.15) is 0 Å². The zero-order chi connectivity index (χ0) is 12.2. The van der Waals surface area contributed by atoms with Gasteiger partial charge in [0.05, 0.1) is 5.41 Å². The molecule has 0 spiro atoms. The SMILES string of the molecule is CCC1(C(=O)O)CCN(CCC(N)=O)CC1. The van der Waals surface area contributed by atoms with Crippen molar-refractivity contribution in [3.05, 3.63) is 0 Å². The maximum atomic E-state index is 11.2. The van der Waals surface area contributed by atoms with Crippen molar-refractivity contribution < 1.29 is 14.7 Å². The van der Waals surface area contributed by atoms with Gasteiger partial charge in [-0.3, -0.25) is 9.59 Å². The Kier molecular flexibility index (Phi) is 4.29. The first-order valence-corrected chi connectivity index (χ1v) is 5.74. The van der Waals surface area contributed by atoms with Crippen molar-refractivity contribution in [2.45, 2.75) is 32.6 Å². The summed E-state index contributed by atoms with van der Waals surface area (Å²) >= 11 is 0. The fourth-order valence-electron chi connectivity index (χ4n) is 2.19. The van der Waals surface area contributed by atoms with Crippen LogP contribution in [0.1, 0.15) is 32.6 Å². The van der Waals surface area contributed by atoms with E-state index in [9.17, 15) is 14.7 Å². The number of piperidine rings is 1. The molecule has 5 heteroatoms. The van der Waals surface area contributed by atoms with Gasteiger partial charge in [0.25, 0.3) is 0 Å². The zero-order valence-corrected chi connectivity index (χ0v) is 9.74. The lowest BCUT2D eigenvalue weighted by molar-refractivity contribution is -0.152. The van der Waals surface area contributed by atoms with Crippen LogP contribution in [0.15, 0.2) is 0 Å². The van der Waals surface area contributed by atoms with Crippen LogP contribution in [-0.4, -0.2) is 41.5 Å². The standard InChI is InChI=1S/C11H20N2O3/c1-2-11(10(15)16)4-7-13(8-5-11)6-3-9(12)14/h2-8H2,1H3,(H2,12,14)(H,15,16). The van der Waals surface area contributed by atoms with Crippen molar-refractivity contribution in [2.24, 2.45) is 11.1 Å². The molecule has 1 aliphatic rings. The van der Waals surface area contributed by atoms with E-state index in [2.05, 4.69) is 4.90 Å². The van der Waals surface area contributed by atoms with Crippen LogP contribution in [0.25, 0.3) is 0 Å². The average molecular weight is 228 g/mol. The van der Waals surface area contributed by atoms with Crippen molar-refractivity contribution in [3.8, 4) is 0 Å². The molecule has 0 atom stereocenters. The maximum absolute atomic E-state index is 11.2. The first-order chi connectivity index (χ1) is 7.50. The minimum atomic E-state index is -0.690. The molecule has 0 aromatic rings. The number of carbonyl (C=O) groups excluding carboxylic acids is 1. The Morgan fingerprint density at radius 1 is 1.38 bits per heavy atom. The lowest BCUT2D eigenvalue weighted by atomic mass is 9.76. The fraction of sp³-hybridized carbons (Fsp3) is 0.818. The second-order valence-electron chi connectivity index (χ2n) is 4.50. The lowest BCUT2D eigenvalue weighted by Crippen LogP contribution is -2.44. The number of aliphatic carboxylic acids is 1. The van der Waals surface area contributed by atoms with Crippen molar-refractivity contribution in [2.75, 3.05) is 19.6 Å². The number of carboxylic acid groups (broad SMARTS) is 1. The van der Waals surface area contributed by atoms with E-state index in [4.69, 9.17) is 5.73 Å². The molecule has 0 unspecified atom stereocenters. The molecule has 0 aromatic heterocycles. The number of primary amides is 1. The summed E-state index contributed by atoms with van der Waals surface area (Å²) in [5.41, 5.74) is 4.53. The summed E-state index contributed by atoms with van der Waals surface area (Å²) in [6.45, 7) is 4.06. The molecule has 1 saturated heterocycles. The van der Waals surface area contributed by atoms with Gasteiger partial charge >= 0.3 is 5.97 Å². The second-order valence-corrected chi connectivity index (χ2v) is 4.50. The van der Waals surface area contributed by atoms with Crippen LogP contribution < -0.4 is 5.73 Å². The number of hydrogen-bond acceptors (Lipinski definition) is 3. The van der Waals surface area contributed by atoms with Crippen LogP contribution in [0.5, 0.6) is 0 Å². The molecular weight excluding hydrogens is 208 g/mol. The smallest absolute Gasteiger partial charge is 0.309 e. The van der Waals surface area contributed by atoms with Gasteiger partial charge in [0.2, 0.25) is 5.91 Å². The normalized spacial score (nSPS) is 20.6. The third-order valence-electron chi connectivity index (χ3n) is 3.62. The van der Waals surface area contributed by atoms with Crippen molar-refractivity contribution in [1.82, 2.24) is 4.90 Å². The molecule has 1 aliphatic heterocycles. The van der Waals surface area contributed by atoms with Gasteiger partial charge in [-0.05, 0) is 32.4 Å². The van der Waals surface area contributed by atoms with Crippen LogP contribution in [0.3, 0.4) is 0 Å². The Hall–Kier alpha value is -1.10. The van der Waals surface area contributed by atoms with Crippen molar-refractivity contribution in [1.29, 1.82) is 0 Å². The largest absolute Gasteiger partial charge is 0.481 e. The van der Waals surface area contributed by atoms with Gasteiger partial charge in [-0.15, -0.1) is 0 Å². The molecule has 1 fully saturated rings. The predicted octanol–water partition coefficient (Wildman–Crippen LogP) is 0.439. The van der Waals surface area contributed by atoms with Gasteiger partial charge in [-0.25, -0.2) is 0 Å². The Morgan fingerprint density at radius 2 is 1.94 bits per heavy atom. The molecule has 92 valence electrons. The highest BCUT2D eigenvalue weighted by Crippen LogP contribution is 2.34. The topological polar surface area (TPSA) is 83.6 Å². The van der Waals surface area contributed by atoms with Gasteiger partial charge in [0.15, 0.2) is 0 Å². The van der Waals surface area contributed by atoms with Gasteiger partial charge in [-0.1, -0.05) is 6.92 Å². The van der Waals surface area contributed by atoms with Crippen molar-refractivity contribution in [3.63, 3.8) is 0 Å². The van der Waals surface area contributed by atoms with Crippen LogP contribution in [-0.2, 0) is 9.59 Å². The molecular formula is C11H20N2O3. The quantitative estimate of drug-likeness (QED) is 0.715. The fourth-order valence-corrected chi connectivity index (χ4v) is 2.19. The number of carboxylic acids is 1. The summed E-state index contributed by atoms with van der Waals surface area (Å²) in [7, 11) is 0. The van der Waals surface area contributed by atoms with E-state index in [-0.39, 0.29) is 5.91 Å². The molecule has 1 heterocycles. The monoisotopic (exact) mass is 228 g/mol. The third-order valence-corrected chi connectivity index (χ3v) is 3.62. The molecule has 0 bridgehead atoms. The number of amides is 1. The molecule has 16 heavy (non-hydrogen) atoms. The predicted molar refractivity (Wildman–Crippen MR) is 59.8 cm³/mol. The number of nitrogens with zero attached hydrogens (tertiary/aromatic N) is 1. The molecule has 0 radical (unpaired) electrons. The first-order valence-electron chi connectivity index (χ1n) is 5.74. The maximum Gasteiger partial charge on any atom is 0.309 e. The second kappa shape index (κ2) is 5.30. The number of nitrogens with two attached hydrogens (primary N) is 1. The van der Waals surface area contributed by atoms with Crippen LogP contribution in [0, 0.1) is 5.41 Å². The Labute approximate surface area is 95.6 Å². The summed E-state index contributed by atoms with van der Waals surface area (Å²) in [6.07, 6.45) is 2.35. The molecule has 0 aliphatic carbocycles. The van der Waals surface area contributed by atoms with Gasteiger partial charge < -0.3 is 15.7 Å². The van der Waals surface area contributed by atoms with E-state index < -0.39 is 11.4 Å². The number of carbonyl (C=O) groups is 2. The average Bonchev–Trinajstić information content (AvgIpc) is 2.26. The highest BCUT2D eigenvalue weighted by atomic mass is 16.4. The van der Waals surface area contributed by atoms with E-state index >= 15 is 0 Å². The van der Waals surface area contributed by atoms with E-state index in [0.29, 0.717) is 32.2 Å². The molecule has 0 saturated carbocycles. The summed E-state index contributed by atoms with van der Waals surface area (Å²) in [4.78, 5) is 23.9. The molecule has 1 amide bonds. The highest BCUT2D eigenvalue weighted by Gasteiger charge is 2.39.